The van der Waals surface area contributed by atoms with E-state index in [0.29, 0.717) is 37.5 Å². The van der Waals surface area contributed by atoms with E-state index in [9.17, 15) is 13.2 Å². The van der Waals surface area contributed by atoms with Crippen molar-refractivity contribution in [3.63, 3.8) is 0 Å². The second kappa shape index (κ2) is 7.65. The molecule has 7 heteroatoms. The lowest BCUT2D eigenvalue weighted by Crippen LogP contribution is -2.38. The zero-order valence-electron chi connectivity index (χ0n) is 16.5. The van der Waals surface area contributed by atoms with Gasteiger partial charge in [-0.1, -0.05) is 48.5 Å². The van der Waals surface area contributed by atoms with Crippen LogP contribution in [0.5, 0.6) is 0 Å². The Kier molecular flexibility index (Phi) is 4.97. The summed E-state index contributed by atoms with van der Waals surface area (Å²) < 4.78 is 28.4. The third kappa shape index (κ3) is 3.37. The van der Waals surface area contributed by atoms with Gasteiger partial charge in [-0.2, -0.15) is 4.31 Å². The maximum absolute atomic E-state index is 13.4. The molecule has 2 aliphatic rings. The largest absolute Gasteiger partial charge is 0.333 e. The van der Waals surface area contributed by atoms with Crippen molar-refractivity contribution in [3.05, 3.63) is 87.1 Å². The Morgan fingerprint density at radius 1 is 0.800 bits per heavy atom. The monoisotopic (exact) mass is 438 g/mol. The number of hydrogen-bond acceptors (Lipinski definition) is 4. The van der Waals surface area contributed by atoms with Crippen LogP contribution in [0.3, 0.4) is 0 Å². The first-order chi connectivity index (χ1) is 14.5. The van der Waals surface area contributed by atoms with Gasteiger partial charge >= 0.3 is 0 Å². The number of hydrogen-bond donors (Lipinski definition) is 0. The summed E-state index contributed by atoms with van der Waals surface area (Å²) in [5, 5.41) is 1.70. The Hall–Kier alpha value is -2.48. The van der Waals surface area contributed by atoms with Crippen molar-refractivity contribution in [3.8, 4) is 0 Å². The van der Waals surface area contributed by atoms with E-state index in [2.05, 4.69) is 6.07 Å². The highest BCUT2D eigenvalue weighted by Crippen LogP contribution is 2.31. The fourth-order valence-corrected chi connectivity index (χ4v) is 7.06. The Labute approximate surface area is 180 Å². The molecule has 0 spiro atoms. The van der Waals surface area contributed by atoms with Gasteiger partial charge in [-0.3, -0.25) is 4.79 Å². The summed E-state index contributed by atoms with van der Waals surface area (Å²) in [6.45, 7) is 1.90. The van der Waals surface area contributed by atoms with Crippen LogP contribution in [0, 0.1) is 0 Å². The normalized spacial score (nSPS) is 16.7. The van der Waals surface area contributed by atoms with Crippen molar-refractivity contribution in [2.45, 2.75) is 30.8 Å². The van der Waals surface area contributed by atoms with E-state index in [0.717, 1.165) is 17.5 Å². The van der Waals surface area contributed by atoms with Gasteiger partial charge < -0.3 is 4.90 Å². The maximum Gasteiger partial charge on any atom is 0.265 e. The minimum absolute atomic E-state index is 0.135. The molecule has 2 aliphatic heterocycles. The number of amides is 1. The highest BCUT2D eigenvalue weighted by atomic mass is 32.2. The fourth-order valence-electron chi connectivity index (χ4n) is 4.28. The molecule has 5 nitrogen and oxygen atoms in total. The lowest BCUT2D eigenvalue weighted by molar-refractivity contribution is 0.0736. The number of carbonyl (C=O) groups is 1. The van der Waals surface area contributed by atoms with E-state index in [-0.39, 0.29) is 10.8 Å². The van der Waals surface area contributed by atoms with Crippen molar-refractivity contribution in [1.82, 2.24) is 9.21 Å². The van der Waals surface area contributed by atoms with Crippen LogP contribution in [0.2, 0.25) is 0 Å². The average molecular weight is 439 g/mol. The zero-order valence-corrected chi connectivity index (χ0v) is 18.1. The molecule has 0 atom stereocenters. The van der Waals surface area contributed by atoms with Gasteiger partial charge in [0.2, 0.25) is 10.0 Å². The van der Waals surface area contributed by atoms with Crippen LogP contribution in [0.1, 0.15) is 31.9 Å². The van der Waals surface area contributed by atoms with Crippen molar-refractivity contribution >= 4 is 27.3 Å². The van der Waals surface area contributed by atoms with E-state index in [4.69, 9.17) is 0 Å². The highest BCUT2D eigenvalue weighted by molar-refractivity contribution is 7.89. The molecule has 5 rings (SSSR count). The molecule has 3 aromatic rings. The van der Waals surface area contributed by atoms with E-state index in [1.54, 1.807) is 16.3 Å². The van der Waals surface area contributed by atoms with Gasteiger partial charge in [0.15, 0.2) is 0 Å². The fraction of sp³-hybridized carbons (Fsp3) is 0.261. The Morgan fingerprint density at radius 2 is 1.40 bits per heavy atom. The van der Waals surface area contributed by atoms with Gasteiger partial charge in [-0.05, 0) is 46.5 Å². The second-order valence-corrected chi connectivity index (χ2v) is 10.5. The van der Waals surface area contributed by atoms with Gasteiger partial charge in [-0.15, -0.1) is 11.3 Å². The van der Waals surface area contributed by atoms with Crippen LogP contribution >= 0.6 is 11.3 Å². The number of sulfonamides is 1. The van der Waals surface area contributed by atoms with E-state index < -0.39 is 10.0 Å². The maximum atomic E-state index is 13.4. The lowest BCUT2D eigenvalue weighted by atomic mass is 10.00. The number of fused-ring (bicyclic) bond motifs is 2. The molecule has 0 aliphatic carbocycles. The first-order valence-electron chi connectivity index (χ1n) is 10.0. The average Bonchev–Trinajstić information content (AvgIpc) is 3.29. The quantitative estimate of drug-likeness (QED) is 0.627. The topological polar surface area (TPSA) is 57.7 Å². The highest BCUT2D eigenvalue weighted by Gasteiger charge is 2.34. The lowest BCUT2D eigenvalue weighted by Gasteiger charge is -2.30. The number of benzene rings is 2. The van der Waals surface area contributed by atoms with E-state index in [1.165, 1.54) is 26.8 Å². The van der Waals surface area contributed by atoms with Crippen LogP contribution in [-0.2, 0) is 36.0 Å². The van der Waals surface area contributed by atoms with Crippen LogP contribution in [0.4, 0.5) is 0 Å². The van der Waals surface area contributed by atoms with Crippen LogP contribution < -0.4 is 0 Å². The molecule has 1 amide bonds. The van der Waals surface area contributed by atoms with Crippen molar-refractivity contribution in [2.75, 3.05) is 13.1 Å². The Morgan fingerprint density at radius 3 is 2.10 bits per heavy atom. The summed E-state index contributed by atoms with van der Waals surface area (Å²) >= 11 is 1.21. The van der Waals surface area contributed by atoms with Gasteiger partial charge in [-0.25, -0.2) is 8.42 Å². The summed E-state index contributed by atoms with van der Waals surface area (Å²) in [7, 11) is -3.74. The minimum Gasteiger partial charge on any atom is -0.333 e. The third-order valence-electron chi connectivity index (χ3n) is 5.95. The van der Waals surface area contributed by atoms with Crippen molar-refractivity contribution < 1.29 is 13.2 Å². The third-order valence-corrected chi connectivity index (χ3v) is 8.87. The number of rotatable bonds is 3. The van der Waals surface area contributed by atoms with Crippen LogP contribution in [0.25, 0.3) is 0 Å². The zero-order chi connectivity index (χ0) is 20.7. The van der Waals surface area contributed by atoms with Crippen LogP contribution in [0.15, 0.2) is 64.9 Å². The molecule has 0 radical (unpaired) electrons. The molecule has 2 aromatic carbocycles. The van der Waals surface area contributed by atoms with Gasteiger partial charge in [0, 0.05) is 26.2 Å². The number of nitrogens with zero attached hydrogens (tertiary/aromatic N) is 2. The molecule has 1 aromatic heterocycles. The van der Waals surface area contributed by atoms with Gasteiger partial charge in [0.1, 0.15) is 9.77 Å². The van der Waals surface area contributed by atoms with E-state index in [1.807, 2.05) is 42.5 Å². The summed E-state index contributed by atoms with van der Waals surface area (Å²) in [6, 6.07) is 17.6. The molecule has 0 saturated heterocycles. The SMILES string of the molecule is O=C(c1sccc1S(=O)(=O)N1CCc2ccccc2C1)N1CCc2ccccc2C1. The molecule has 3 heterocycles. The summed E-state index contributed by atoms with van der Waals surface area (Å²) in [5.74, 6) is -0.199. The predicted octanol–water partition coefficient (Wildman–Crippen LogP) is 3.69. The smallest absolute Gasteiger partial charge is 0.265 e. The first kappa shape index (κ1) is 19.5. The standard InChI is InChI=1S/C23H22N2O3S2/c26-23(24-12-9-17-5-1-3-7-19(17)15-24)22-21(11-14-29-22)30(27,28)25-13-10-18-6-2-4-8-20(18)16-25/h1-8,11,14H,9-10,12-13,15-16H2. The summed E-state index contributed by atoms with van der Waals surface area (Å²) in [5.41, 5.74) is 4.61. The first-order valence-corrected chi connectivity index (χ1v) is 12.4. The number of carbonyl (C=O) groups excluding carboxylic acids is 1. The van der Waals surface area contributed by atoms with Crippen molar-refractivity contribution in [1.29, 1.82) is 0 Å². The molecule has 0 unspecified atom stereocenters. The van der Waals surface area contributed by atoms with Gasteiger partial charge in [0.25, 0.3) is 5.91 Å². The van der Waals surface area contributed by atoms with Gasteiger partial charge in [0.05, 0.1) is 0 Å². The molecule has 0 bridgehead atoms. The van der Waals surface area contributed by atoms with Crippen molar-refractivity contribution in [2.24, 2.45) is 0 Å². The molecule has 0 saturated carbocycles. The Balaban J connectivity index is 1.41. The predicted molar refractivity (Wildman–Crippen MR) is 117 cm³/mol. The molecular weight excluding hydrogens is 416 g/mol. The molecule has 154 valence electrons. The molecule has 0 N–H and O–H groups in total. The summed E-state index contributed by atoms with van der Waals surface area (Å²) in [6.07, 6.45) is 1.48. The minimum atomic E-state index is -3.74. The molecule has 0 fully saturated rings. The van der Waals surface area contributed by atoms with E-state index >= 15 is 0 Å². The molecule has 30 heavy (non-hydrogen) atoms. The van der Waals surface area contributed by atoms with Crippen LogP contribution in [-0.4, -0.2) is 36.6 Å². The number of thiophene rings is 1. The second-order valence-electron chi connectivity index (χ2n) is 7.72. The summed E-state index contributed by atoms with van der Waals surface area (Å²) in [4.78, 5) is 15.5. The molecular formula is C23H22N2O3S2. The Bertz CT molecular complexity index is 1220.